The Balaban J connectivity index is 1.89. The van der Waals surface area contributed by atoms with Crippen molar-refractivity contribution in [3.8, 4) is 22.6 Å². The lowest BCUT2D eigenvalue weighted by atomic mass is 9.80. The highest BCUT2D eigenvalue weighted by Crippen LogP contribution is 2.58. The fraction of sp³-hybridized carbons (Fsp3) is 0.415. The molecule has 4 rings (SSSR count). The standard InChI is InChI=1S/C41H54O2P/c1-38(2,3)31-21-25-36(34(27-31)40(7,8)9)42-44(13,33-23-19-30(20-24-33)29-17-15-14-16-18-29)43-37-26-22-32(39(4,5)6)28-35(37)41(10,11)12/h14-28H,1-13H3/q+1. The van der Waals surface area contributed by atoms with Crippen molar-refractivity contribution in [2.24, 2.45) is 0 Å². The molecule has 0 spiro atoms. The van der Waals surface area contributed by atoms with E-state index in [1.165, 1.54) is 33.4 Å². The number of rotatable bonds is 6. The van der Waals surface area contributed by atoms with Gasteiger partial charge in [-0.1, -0.05) is 150 Å². The number of benzene rings is 4. The maximum Gasteiger partial charge on any atom is 0.393 e. The van der Waals surface area contributed by atoms with Gasteiger partial charge in [0, 0.05) is 11.1 Å². The summed E-state index contributed by atoms with van der Waals surface area (Å²) in [7, 11) is -2.68. The van der Waals surface area contributed by atoms with Crippen molar-refractivity contribution in [3.63, 3.8) is 0 Å². The third-order valence-electron chi connectivity index (χ3n) is 8.30. The second kappa shape index (κ2) is 12.0. The van der Waals surface area contributed by atoms with E-state index < -0.39 is 7.72 Å². The zero-order valence-electron chi connectivity index (χ0n) is 29.4. The van der Waals surface area contributed by atoms with Crippen LogP contribution in [0.1, 0.15) is 105 Å². The fourth-order valence-electron chi connectivity index (χ4n) is 5.38. The Labute approximate surface area is 268 Å². The summed E-state index contributed by atoms with van der Waals surface area (Å²) in [6.45, 7) is 29.3. The van der Waals surface area contributed by atoms with Gasteiger partial charge in [0.15, 0.2) is 16.8 Å². The molecule has 0 saturated carbocycles. The summed E-state index contributed by atoms with van der Waals surface area (Å²) in [4.78, 5) is 0. The quantitative estimate of drug-likeness (QED) is 0.202. The van der Waals surface area contributed by atoms with Crippen molar-refractivity contribution in [1.29, 1.82) is 0 Å². The molecule has 0 aromatic heterocycles. The van der Waals surface area contributed by atoms with E-state index in [0.717, 1.165) is 16.8 Å². The van der Waals surface area contributed by atoms with Crippen LogP contribution in [0.25, 0.3) is 11.1 Å². The van der Waals surface area contributed by atoms with Gasteiger partial charge in [0.05, 0.1) is 0 Å². The Hall–Kier alpha value is -3.09. The lowest BCUT2D eigenvalue weighted by Crippen LogP contribution is -2.24. The topological polar surface area (TPSA) is 18.5 Å². The average molecular weight is 610 g/mol. The van der Waals surface area contributed by atoms with Crippen LogP contribution in [0.15, 0.2) is 91.0 Å². The largest absolute Gasteiger partial charge is 0.393 e. The van der Waals surface area contributed by atoms with E-state index in [4.69, 9.17) is 9.05 Å². The van der Waals surface area contributed by atoms with E-state index in [1.807, 2.05) is 0 Å². The molecular formula is C41H54O2P+. The SMILES string of the molecule is CC(C)(C)c1ccc(O[P+](C)(Oc2ccc(C(C)(C)C)cc2C(C)(C)C)c2ccc(-c3ccccc3)cc2)c(C(C)(C)C)c1. The van der Waals surface area contributed by atoms with Gasteiger partial charge in [0.2, 0.25) is 0 Å². The molecule has 2 nitrogen and oxygen atoms in total. The lowest BCUT2D eigenvalue weighted by molar-refractivity contribution is 0.451. The van der Waals surface area contributed by atoms with Crippen molar-refractivity contribution in [3.05, 3.63) is 113 Å². The summed E-state index contributed by atoms with van der Waals surface area (Å²) in [6.07, 6.45) is 0. The van der Waals surface area contributed by atoms with Crippen molar-refractivity contribution in [1.82, 2.24) is 0 Å². The van der Waals surface area contributed by atoms with Gasteiger partial charge < -0.3 is 9.05 Å². The molecule has 0 radical (unpaired) electrons. The van der Waals surface area contributed by atoms with Crippen LogP contribution in [0.3, 0.4) is 0 Å². The van der Waals surface area contributed by atoms with Gasteiger partial charge in [-0.15, -0.1) is 0 Å². The molecule has 0 heterocycles. The molecule has 0 unspecified atom stereocenters. The third-order valence-corrected chi connectivity index (χ3v) is 10.6. The molecule has 0 atom stereocenters. The molecule has 0 aliphatic carbocycles. The Morgan fingerprint density at radius 1 is 0.432 bits per heavy atom. The zero-order chi connectivity index (χ0) is 32.7. The molecule has 4 aromatic carbocycles. The molecule has 3 heteroatoms. The highest BCUT2D eigenvalue weighted by molar-refractivity contribution is 7.74. The van der Waals surface area contributed by atoms with Gasteiger partial charge in [-0.25, -0.2) is 0 Å². The monoisotopic (exact) mass is 609 g/mol. The van der Waals surface area contributed by atoms with Crippen LogP contribution in [0, 0.1) is 0 Å². The molecule has 4 aromatic rings. The van der Waals surface area contributed by atoms with Crippen molar-refractivity contribution in [2.45, 2.75) is 105 Å². The average Bonchev–Trinajstić information content (AvgIpc) is 2.91. The van der Waals surface area contributed by atoms with Gasteiger partial charge in [-0.2, -0.15) is 0 Å². The predicted octanol–water partition coefficient (Wildman–Crippen LogP) is 11.8. The second-order valence-electron chi connectivity index (χ2n) is 16.4. The molecular weight excluding hydrogens is 555 g/mol. The first-order chi connectivity index (χ1) is 20.2. The third kappa shape index (κ3) is 7.76. The summed E-state index contributed by atoms with van der Waals surface area (Å²) in [5.41, 5.74) is 7.23. The minimum atomic E-state index is -2.68. The number of hydrogen-bond donors (Lipinski definition) is 0. The summed E-state index contributed by atoms with van der Waals surface area (Å²) in [5.74, 6) is 1.77. The van der Waals surface area contributed by atoms with E-state index in [-0.39, 0.29) is 21.7 Å². The maximum atomic E-state index is 7.22. The van der Waals surface area contributed by atoms with Gasteiger partial charge in [0.25, 0.3) is 0 Å². The van der Waals surface area contributed by atoms with E-state index >= 15 is 0 Å². The van der Waals surface area contributed by atoms with Crippen LogP contribution >= 0.6 is 7.72 Å². The van der Waals surface area contributed by atoms with Crippen LogP contribution in [0.5, 0.6) is 11.5 Å². The molecule has 0 saturated heterocycles. The summed E-state index contributed by atoms with van der Waals surface area (Å²) < 4.78 is 14.4. The van der Waals surface area contributed by atoms with E-state index in [0.29, 0.717) is 0 Å². The van der Waals surface area contributed by atoms with Crippen LogP contribution in [-0.4, -0.2) is 6.66 Å². The lowest BCUT2D eigenvalue weighted by Gasteiger charge is -2.30. The molecule has 0 aliphatic rings. The molecule has 0 N–H and O–H groups in total. The summed E-state index contributed by atoms with van der Waals surface area (Å²) in [6, 6.07) is 32.7. The molecule has 44 heavy (non-hydrogen) atoms. The maximum absolute atomic E-state index is 7.22. The first-order valence-electron chi connectivity index (χ1n) is 15.9. The minimum absolute atomic E-state index is 0.0388. The van der Waals surface area contributed by atoms with Crippen molar-refractivity contribution >= 4 is 13.0 Å². The second-order valence-corrected chi connectivity index (χ2v) is 18.9. The Morgan fingerprint density at radius 3 is 1.18 bits per heavy atom. The Kier molecular flexibility index (Phi) is 9.23. The van der Waals surface area contributed by atoms with Gasteiger partial charge in [-0.3, -0.25) is 0 Å². The van der Waals surface area contributed by atoms with Gasteiger partial charge in [0.1, 0.15) is 6.66 Å². The van der Waals surface area contributed by atoms with E-state index in [9.17, 15) is 0 Å². The van der Waals surface area contributed by atoms with E-state index in [1.54, 1.807) is 0 Å². The van der Waals surface area contributed by atoms with Gasteiger partial charge in [-0.05, 0) is 68.2 Å². The molecule has 0 bridgehead atoms. The molecule has 0 fully saturated rings. The molecule has 0 aliphatic heterocycles. The highest BCUT2D eigenvalue weighted by atomic mass is 31.2. The van der Waals surface area contributed by atoms with Crippen molar-refractivity contribution in [2.75, 3.05) is 6.66 Å². The van der Waals surface area contributed by atoms with Crippen LogP contribution in [0.4, 0.5) is 0 Å². The number of hydrogen-bond acceptors (Lipinski definition) is 2. The first-order valence-corrected chi connectivity index (χ1v) is 18.0. The molecule has 0 amide bonds. The fourth-order valence-corrected chi connectivity index (χ4v) is 7.39. The first kappa shape index (κ1) is 33.8. The zero-order valence-corrected chi connectivity index (χ0v) is 30.3. The summed E-state index contributed by atoms with van der Waals surface area (Å²) in [5, 5.41) is 1.07. The van der Waals surface area contributed by atoms with Crippen molar-refractivity contribution < 1.29 is 9.05 Å². The Morgan fingerprint density at radius 2 is 0.818 bits per heavy atom. The van der Waals surface area contributed by atoms with Gasteiger partial charge >= 0.3 is 7.72 Å². The van der Waals surface area contributed by atoms with Crippen LogP contribution in [-0.2, 0) is 21.7 Å². The Bertz CT molecular complexity index is 1490. The van der Waals surface area contributed by atoms with E-state index in [2.05, 4.69) is 181 Å². The highest BCUT2D eigenvalue weighted by Gasteiger charge is 2.45. The molecule has 234 valence electrons. The minimum Gasteiger partial charge on any atom is -0.304 e. The smallest absolute Gasteiger partial charge is 0.304 e. The van der Waals surface area contributed by atoms with Crippen LogP contribution < -0.4 is 14.4 Å². The predicted molar refractivity (Wildman–Crippen MR) is 193 cm³/mol. The summed E-state index contributed by atoms with van der Waals surface area (Å²) >= 11 is 0. The normalized spacial score (nSPS) is 13.1. The van der Waals surface area contributed by atoms with Crippen LogP contribution in [0.2, 0.25) is 0 Å².